The van der Waals surface area contributed by atoms with E-state index in [0.717, 1.165) is 31.7 Å². The van der Waals surface area contributed by atoms with Crippen molar-refractivity contribution in [3.63, 3.8) is 0 Å². The van der Waals surface area contributed by atoms with Crippen molar-refractivity contribution < 1.29 is 9.94 Å². The molecular weight excluding hydrogens is 436 g/mol. The van der Waals surface area contributed by atoms with Crippen LogP contribution in [0.3, 0.4) is 0 Å². The van der Waals surface area contributed by atoms with Gasteiger partial charge in [0.25, 0.3) is 0 Å². The highest BCUT2D eigenvalue weighted by Gasteiger charge is 2.22. The summed E-state index contributed by atoms with van der Waals surface area (Å²) in [5.41, 5.74) is 4.81. The van der Waals surface area contributed by atoms with Crippen molar-refractivity contribution in [3.05, 3.63) is 53.6 Å². The fourth-order valence-corrected chi connectivity index (χ4v) is 4.02. The van der Waals surface area contributed by atoms with Crippen LogP contribution in [0.5, 0.6) is 5.88 Å². The van der Waals surface area contributed by atoms with Gasteiger partial charge in [-0.05, 0) is 42.5 Å². The number of aromatic hydroxyl groups is 1. The molecule has 0 amide bonds. The van der Waals surface area contributed by atoms with Crippen LogP contribution in [0.15, 0.2) is 58.8 Å². The zero-order chi connectivity index (χ0) is 21.8. The van der Waals surface area contributed by atoms with Crippen LogP contribution in [-0.2, 0) is 11.5 Å². The van der Waals surface area contributed by atoms with Crippen molar-refractivity contribution in [1.82, 2.24) is 14.9 Å². The largest absolute Gasteiger partial charge is 0.493 e. The summed E-state index contributed by atoms with van der Waals surface area (Å²) in [5.74, 6) is 0.0201. The maximum Gasteiger partial charge on any atom is 0.237 e. The van der Waals surface area contributed by atoms with Gasteiger partial charge in [-0.15, -0.1) is 10.2 Å². The number of hydroxylamine groups is 1. The molecule has 3 aromatic rings. The fraction of sp³-hybridized carbons (Fsp3) is 0.286. The van der Waals surface area contributed by atoms with Crippen LogP contribution >= 0.6 is 23.8 Å². The van der Waals surface area contributed by atoms with E-state index in [-0.39, 0.29) is 11.0 Å². The first-order valence-electron chi connectivity index (χ1n) is 9.84. The Hall–Kier alpha value is -2.72. The molecule has 2 N–H and O–H groups in total. The van der Waals surface area contributed by atoms with E-state index in [4.69, 9.17) is 28.7 Å². The molecule has 4 rings (SSSR count). The van der Waals surface area contributed by atoms with Gasteiger partial charge in [0.05, 0.1) is 19.3 Å². The van der Waals surface area contributed by atoms with Gasteiger partial charge in [0, 0.05) is 42.3 Å². The molecule has 0 radical (unpaired) electrons. The molecular formula is C21H23ClN6O2S. The molecule has 1 aliphatic rings. The summed E-state index contributed by atoms with van der Waals surface area (Å²) in [7, 11) is 1.43. The average Bonchev–Trinajstić information content (AvgIpc) is 3.03. The van der Waals surface area contributed by atoms with Gasteiger partial charge in [0.1, 0.15) is 0 Å². The number of fused-ring (bicyclic) bond motifs is 1. The number of hydrogen-bond donors (Lipinski definition) is 2. The van der Waals surface area contributed by atoms with E-state index in [2.05, 4.69) is 49.8 Å². The number of azo groups is 1. The van der Waals surface area contributed by atoms with Crippen molar-refractivity contribution in [2.75, 3.05) is 38.2 Å². The Kier molecular flexibility index (Phi) is 6.67. The van der Waals surface area contributed by atoms with Crippen LogP contribution in [0.4, 0.5) is 11.4 Å². The Bertz CT molecular complexity index is 1100. The molecule has 10 heteroatoms. The number of piperazine rings is 1. The molecule has 2 aromatic carbocycles. The van der Waals surface area contributed by atoms with E-state index in [0.29, 0.717) is 22.8 Å². The molecule has 1 fully saturated rings. The van der Waals surface area contributed by atoms with E-state index in [1.165, 1.54) is 12.8 Å². The molecule has 0 spiro atoms. The van der Waals surface area contributed by atoms with Crippen molar-refractivity contribution in [3.8, 4) is 5.88 Å². The van der Waals surface area contributed by atoms with Gasteiger partial charge < -0.3 is 10.0 Å². The Morgan fingerprint density at radius 2 is 1.90 bits per heavy atom. The van der Waals surface area contributed by atoms with Crippen LogP contribution in [0.25, 0.3) is 10.9 Å². The Balaban J connectivity index is 1.55. The first-order valence-corrected chi connectivity index (χ1v) is 10.6. The summed E-state index contributed by atoms with van der Waals surface area (Å²) in [5, 5.41) is 20.3. The summed E-state index contributed by atoms with van der Waals surface area (Å²) in [6.45, 7) is 4.11. The number of nitrogens with zero attached hydrogens (tertiary/aromatic N) is 5. The molecule has 1 aromatic heterocycles. The molecule has 0 unspecified atom stereocenters. The molecule has 1 saturated heterocycles. The van der Waals surface area contributed by atoms with Crippen LogP contribution in [-0.4, -0.2) is 53.0 Å². The minimum absolute atomic E-state index is 0.0201. The van der Waals surface area contributed by atoms with Crippen LogP contribution in [0.1, 0.15) is 0 Å². The molecule has 0 bridgehead atoms. The molecule has 0 aliphatic carbocycles. The maximum atomic E-state index is 10.9. The second-order valence-electron chi connectivity index (χ2n) is 7.16. The number of anilines is 1. The number of para-hydroxylation sites is 1. The number of rotatable bonds is 5. The van der Waals surface area contributed by atoms with Crippen LogP contribution in [0.2, 0.25) is 5.02 Å². The van der Waals surface area contributed by atoms with E-state index in [9.17, 15) is 5.11 Å². The van der Waals surface area contributed by atoms with Gasteiger partial charge >= 0.3 is 0 Å². The lowest BCUT2D eigenvalue weighted by Gasteiger charge is -2.36. The molecule has 162 valence electrons. The van der Waals surface area contributed by atoms with Gasteiger partial charge in [-0.25, -0.2) is 5.48 Å². The first kappa shape index (κ1) is 21.5. The maximum absolute atomic E-state index is 10.9. The lowest BCUT2D eigenvalue weighted by atomic mass is 10.2. The molecule has 0 atom stereocenters. The SMILES string of the molecule is CONC(=S)N=Nc1c(O)n(CN2CCN(c3ccccc3)CC2)c2ccc(Cl)cc12. The Labute approximate surface area is 190 Å². The van der Waals surface area contributed by atoms with Crippen molar-refractivity contribution in [2.45, 2.75) is 6.67 Å². The zero-order valence-corrected chi connectivity index (χ0v) is 18.6. The van der Waals surface area contributed by atoms with Crippen molar-refractivity contribution in [1.29, 1.82) is 0 Å². The van der Waals surface area contributed by atoms with Gasteiger partial charge in [0.2, 0.25) is 11.0 Å². The number of thiocarbonyl (C=S) groups is 1. The smallest absolute Gasteiger partial charge is 0.237 e. The molecule has 2 heterocycles. The first-order chi connectivity index (χ1) is 15.1. The molecule has 1 aliphatic heterocycles. The Morgan fingerprint density at radius 1 is 1.16 bits per heavy atom. The highest BCUT2D eigenvalue weighted by Crippen LogP contribution is 2.40. The van der Waals surface area contributed by atoms with Gasteiger partial charge in [-0.1, -0.05) is 29.8 Å². The lowest BCUT2D eigenvalue weighted by Crippen LogP contribution is -2.46. The number of benzene rings is 2. The summed E-state index contributed by atoms with van der Waals surface area (Å²) < 4.78 is 1.82. The van der Waals surface area contributed by atoms with Crippen molar-refractivity contribution in [2.24, 2.45) is 10.2 Å². The summed E-state index contributed by atoms with van der Waals surface area (Å²) in [4.78, 5) is 9.40. The summed E-state index contributed by atoms with van der Waals surface area (Å²) in [6.07, 6.45) is 0. The second kappa shape index (κ2) is 9.61. The minimum Gasteiger partial charge on any atom is -0.493 e. The van der Waals surface area contributed by atoms with Gasteiger partial charge in [-0.3, -0.25) is 14.3 Å². The Morgan fingerprint density at radius 3 is 2.61 bits per heavy atom. The summed E-state index contributed by atoms with van der Waals surface area (Å²) >= 11 is 11.2. The number of halogens is 1. The average molecular weight is 459 g/mol. The topological polar surface area (TPSA) is 77.6 Å². The van der Waals surface area contributed by atoms with Crippen LogP contribution in [0, 0.1) is 0 Å². The van der Waals surface area contributed by atoms with Crippen LogP contribution < -0.4 is 10.4 Å². The predicted octanol–water partition coefficient (Wildman–Crippen LogP) is 4.30. The van der Waals surface area contributed by atoms with E-state index < -0.39 is 0 Å². The third kappa shape index (κ3) is 4.80. The zero-order valence-electron chi connectivity index (χ0n) is 17.0. The van der Waals surface area contributed by atoms with Gasteiger partial charge in [-0.2, -0.15) is 0 Å². The van der Waals surface area contributed by atoms with E-state index in [1.54, 1.807) is 12.1 Å². The highest BCUT2D eigenvalue weighted by atomic mass is 35.5. The molecule has 0 saturated carbocycles. The predicted molar refractivity (Wildman–Crippen MR) is 126 cm³/mol. The quantitative estimate of drug-likeness (QED) is 0.337. The second-order valence-corrected chi connectivity index (χ2v) is 7.98. The lowest BCUT2D eigenvalue weighted by molar-refractivity contribution is 0.145. The minimum atomic E-state index is 0.0201. The van der Waals surface area contributed by atoms with Gasteiger partial charge in [0.15, 0.2) is 5.69 Å². The highest BCUT2D eigenvalue weighted by molar-refractivity contribution is 7.80. The van der Waals surface area contributed by atoms with E-state index in [1.807, 2.05) is 16.7 Å². The summed E-state index contributed by atoms with van der Waals surface area (Å²) in [6, 6.07) is 15.8. The molecule has 8 nitrogen and oxygen atoms in total. The number of nitrogens with one attached hydrogen (secondary N) is 1. The normalized spacial score (nSPS) is 15.1. The number of aromatic nitrogens is 1. The number of hydrogen-bond acceptors (Lipinski definition) is 6. The third-order valence-corrected chi connectivity index (χ3v) is 5.64. The van der Waals surface area contributed by atoms with E-state index >= 15 is 0 Å². The van der Waals surface area contributed by atoms with Crippen molar-refractivity contribution >= 4 is 51.2 Å². The monoisotopic (exact) mass is 458 g/mol. The standard InChI is InChI=1S/C21H23ClN6O2S/c1-30-25-21(31)24-23-19-17-13-15(22)7-8-18(17)28(20(19)29)14-26-9-11-27(12-10-26)16-5-3-2-4-6-16/h2-8,13,29H,9-12,14H2,1H3,(H,25,31). The molecule has 31 heavy (non-hydrogen) atoms. The fourth-order valence-electron chi connectivity index (χ4n) is 3.73. The third-order valence-electron chi connectivity index (χ3n) is 5.24.